The second-order valence-corrected chi connectivity index (χ2v) is 3.85. The van der Waals surface area contributed by atoms with Crippen LogP contribution in [-0.4, -0.2) is 50.0 Å². The molecule has 0 bridgehead atoms. The summed E-state index contributed by atoms with van der Waals surface area (Å²) in [6, 6.07) is 0. The molecule has 1 saturated heterocycles. The highest BCUT2D eigenvalue weighted by Gasteiger charge is 2.32. The van der Waals surface area contributed by atoms with E-state index in [1.165, 1.54) is 15.8 Å². The molecule has 1 aliphatic rings. The molecule has 0 unspecified atom stereocenters. The molecule has 16 heavy (non-hydrogen) atoms. The van der Waals surface area contributed by atoms with Crippen molar-refractivity contribution in [3.05, 3.63) is 11.9 Å². The highest BCUT2D eigenvalue weighted by atomic mass is 16.4. The van der Waals surface area contributed by atoms with Crippen molar-refractivity contribution < 1.29 is 14.7 Å². The number of aromatic nitrogens is 3. The maximum Gasteiger partial charge on any atom is 0.308 e. The van der Waals surface area contributed by atoms with Gasteiger partial charge in [0.1, 0.15) is 0 Å². The quantitative estimate of drug-likeness (QED) is 0.722. The van der Waals surface area contributed by atoms with Crippen molar-refractivity contribution in [3.63, 3.8) is 0 Å². The second-order valence-electron chi connectivity index (χ2n) is 3.85. The van der Waals surface area contributed by atoms with E-state index < -0.39 is 11.9 Å². The number of nitrogens with zero attached hydrogens (tertiary/aromatic N) is 4. The molecule has 2 heterocycles. The van der Waals surface area contributed by atoms with Gasteiger partial charge in [-0.15, -0.1) is 5.10 Å². The topological polar surface area (TPSA) is 88.3 Å². The van der Waals surface area contributed by atoms with Gasteiger partial charge < -0.3 is 10.0 Å². The standard InChI is InChI=1S/C9H12N4O3/c1-12-5-7(10-11-12)8(14)13-3-2-6(4-13)9(15)16/h5-6H,2-4H2,1H3,(H,15,16)/t6-/m0/s1. The van der Waals surface area contributed by atoms with Gasteiger partial charge in [0.2, 0.25) is 0 Å². The lowest BCUT2D eigenvalue weighted by Gasteiger charge is -2.13. The molecule has 0 aromatic carbocycles. The Balaban J connectivity index is 2.05. The van der Waals surface area contributed by atoms with Crippen LogP contribution in [0.25, 0.3) is 0 Å². The summed E-state index contributed by atoms with van der Waals surface area (Å²) in [5, 5.41) is 16.2. The summed E-state index contributed by atoms with van der Waals surface area (Å²) in [5.41, 5.74) is 0.258. The minimum absolute atomic E-state index is 0.253. The summed E-state index contributed by atoms with van der Waals surface area (Å²) >= 11 is 0. The number of carboxylic acids is 1. The third-order valence-corrected chi connectivity index (χ3v) is 2.65. The SMILES string of the molecule is Cn1cc(C(=O)N2CC[C@H](C(=O)O)C2)nn1. The van der Waals surface area contributed by atoms with Gasteiger partial charge in [0.25, 0.3) is 5.91 Å². The first kappa shape index (κ1) is 10.6. The predicted octanol–water partition coefficient (Wildman–Crippen LogP) is -0.638. The highest BCUT2D eigenvalue weighted by Crippen LogP contribution is 2.17. The molecule has 1 N–H and O–H groups in total. The van der Waals surface area contributed by atoms with E-state index in [0.29, 0.717) is 13.0 Å². The summed E-state index contributed by atoms with van der Waals surface area (Å²) in [5.74, 6) is -1.56. The molecule has 7 nitrogen and oxygen atoms in total. The molecule has 0 saturated carbocycles. The number of rotatable bonds is 2. The Bertz CT molecular complexity index is 428. The molecule has 1 atom stereocenters. The fourth-order valence-corrected chi connectivity index (χ4v) is 1.75. The lowest BCUT2D eigenvalue weighted by molar-refractivity contribution is -0.141. The van der Waals surface area contributed by atoms with E-state index in [-0.39, 0.29) is 18.1 Å². The fourth-order valence-electron chi connectivity index (χ4n) is 1.75. The molecular formula is C9H12N4O3. The first-order valence-electron chi connectivity index (χ1n) is 4.96. The minimum Gasteiger partial charge on any atom is -0.481 e. The number of carboxylic acid groups (broad SMARTS) is 1. The van der Waals surface area contributed by atoms with Crippen LogP contribution in [0.2, 0.25) is 0 Å². The first-order valence-corrected chi connectivity index (χ1v) is 4.96. The minimum atomic E-state index is -0.852. The van der Waals surface area contributed by atoms with Crippen molar-refractivity contribution in [2.75, 3.05) is 13.1 Å². The van der Waals surface area contributed by atoms with E-state index in [4.69, 9.17) is 5.11 Å². The lowest BCUT2D eigenvalue weighted by Crippen LogP contribution is -2.30. The summed E-state index contributed by atoms with van der Waals surface area (Å²) in [6.07, 6.45) is 2.03. The van der Waals surface area contributed by atoms with Crippen LogP contribution in [0, 0.1) is 5.92 Å². The Labute approximate surface area is 91.7 Å². The van der Waals surface area contributed by atoms with E-state index >= 15 is 0 Å². The van der Waals surface area contributed by atoms with Gasteiger partial charge in [-0.05, 0) is 6.42 Å². The van der Waals surface area contributed by atoms with Crippen LogP contribution in [0.5, 0.6) is 0 Å². The zero-order valence-electron chi connectivity index (χ0n) is 8.83. The lowest BCUT2D eigenvalue weighted by atomic mass is 10.1. The van der Waals surface area contributed by atoms with Crippen LogP contribution in [0.4, 0.5) is 0 Å². The Kier molecular flexibility index (Phi) is 2.59. The summed E-state index contributed by atoms with van der Waals surface area (Å²) in [4.78, 5) is 24.1. The van der Waals surface area contributed by atoms with Crippen LogP contribution in [0.3, 0.4) is 0 Å². The maximum atomic E-state index is 11.8. The zero-order valence-corrected chi connectivity index (χ0v) is 8.83. The van der Waals surface area contributed by atoms with E-state index in [9.17, 15) is 9.59 Å². The van der Waals surface area contributed by atoms with E-state index in [1.807, 2.05) is 0 Å². The summed E-state index contributed by atoms with van der Waals surface area (Å²) < 4.78 is 1.44. The van der Waals surface area contributed by atoms with Crippen LogP contribution < -0.4 is 0 Å². The number of carbonyl (C=O) groups excluding carboxylic acids is 1. The van der Waals surface area contributed by atoms with Gasteiger partial charge in [-0.1, -0.05) is 5.21 Å². The van der Waals surface area contributed by atoms with Crippen molar-refractivity contribution >= 4 is 11.9 Å². The molecule has 7 heteroatoms. The van der Waals surface area contributed by atoms with Crippen LogP contribution in [-0.2, 0) is 11.8 Å². The number of aryl methyl sites for hydroxylation is 1. The number of amides is 1. The smallest absolute Gasteiger partial charge is 0.308 e. The molecule has 1 amide bonds. The third-order valence-electron chi connectivity index (χ3n) is 2.65. The molecule has 1 aliphatic heterocycles. The van der Waals surface area contributed by atoms with Gasteiger partial charge in [-0.2, -0.15) is 0 Å². The fraction of sp³-hybridized carbons (Fsp3) is 0.556. The average Bonchev–Trinajstić information content (AvgIpc) is 2.84. The highest BCUT2D eigenvalue weighted by molar-refractivity contribution is 5.92. The van der Waals surface area contributed by atoms with Crippen LogP contribution >= 0.6 is 0 Å². The Morgan fingerprint density at radius 3 is 2.81 bits per heavy atom. The molecule has 0 aliphatic carbocycles. The number of carbonyl (C=O) groups is 2. The van der Waals surface area contributed by atoms with Gasteiger partial charge in [-0.25, -0.2) is 0 Å². The Morgan fingerprint density at radius 1 is 1.56 bits per heavy atom. The molecule has 2 rings (SSSR count). The van der Waals surface area contributed by atoms with E-state index in [2.05, 4.69) is 10.3 Å². The second kappa shape index (κ2) is 3.92. The normalized spacial score (nSPS) is 20.1. The summed E-state index contributed by atoms with van der Waals surface area (Å²) in [6.45, 7) is 0.719. The van der Waals surface area contributed by atoms with E-state index in [0.717, 1.165) is 0 Å². The van der Waals surface area contributed by atoms with Crippen molar-refractivity contribution in [2.24, 2.45) is 13.0 Å². The molecule has 86 valence electrons. The Morgan fingerprint density at radius 2 is 2.31 bits per heavy atom. The largest absolute Gasteiger partial charge is 0.481 e. The molecular weight excluding hydrogens is 212 g/mol. The van der Waals surface area contributed by atoms with Crippen molar-refractivity contribution in [1.29, 1.82) is 0 Å². The summed E-state index contributed by atoms with van der Waals surface area (Å²) in [7, 11) is 1.67. The average molecular weight is 224 g/mol. The molecule has 1 aromatic rings. The molecule has 0 spiro atoms. The monoisotopic (exact) mass is 224 g/mol. The van der Waals surface area contributed by atoms with Crippen molar-refractivity contribution in [1.82, 2.24) is 19.9 Å². The number of hydrogen-bond acceptors (Lipinski definition) is 4. The van der Waals surface area contributed by atoms with Crippen molar-refractivity contribution in [3.8, 4) is 0 Å². The van der Waals surface area contributed by atoms with Gasteiger partial charge in [0.05, 0.1) is 12.1 Å². The first-order chi connectivity index (χ1) is 7.58. The van der Waals surface area contributed by atoms with Crippen molar-refractivity contribution in [2.45, 2.75) is 6.42 Å². The number of aliphatic carboxylic acids is 1. The molecule has 1 aromatic heterocycles. The van der Waals surface area contributed by atoms with Crippen LogP contribution in [0.15, 0.2) is 6.20 Å². The van der Waals surface area contributed by atoms with Gasteiger partial charge >= 0.3 is 5.97 Å². The van der Waals surface area contributed by atoms with Gasteiger partial charge in [0.15, 0.2) is 5.69 Å². The predicted molar refractivity (Wildman–Crippen MR) is 52.6 cm³/mol. The van der Waals surface area contributed by atoms with Gasteiger partial charge in [-0.3, -0.25) is 14.3 Å². The number of hydrogen-bond donors (Lipinski definition) is 1. The molecule has 0 radical (unpaired) electrons. The number of likely N-dealkylation sites (tertiary alicyclic amines) is 1. The maximum absolute atomic E-state index is 11.8. The third kappa shape index (κ3) is 1.88. The van der Waals surface area contributed by atoms with Crippen LogP contribution in [0.1, 0.15) is 16.9 Å². The van der Waals surface area contributed by atoms with Gasteiger partial charge in [0, 0.05) is 20.1 Å². The zero-order chi connectivity index (χ0) is 11.7. The van der Waals surface area contributed by atoms with E-state index in [1.54, 1.807) is 7.05 Å². The Hall–Kier alpha value is -1.92. The molecule has 1 fully saturated rings.